The Morgan fingerprint density at radius 3 is 2.74 bits per heavy atom. The molecule has 2 rings (SSSR count). The number of hydrogen-bond donors (Lipinski definition) is 2. The fourth-order valence-corrected chi connectivity index (χ4v) is 3.34. The zero-order chi connectivity index (χ0) is 20.0. The predicted molar refractivity (Wildman–Crippen MR) is 109 cm³/mol. The minimum absolute atomic E-state index is 0.101. The van der Waals surface area contributed by atoms with Gasteiger partial charge in [0.15, 0.2) is 11.5 Å². The van der Waals surface area contributed by atoms with Crippen LogP contribution in [0.2, 0.25) is 0 Å². The van der Waals surface area contributed by atoms with Gasteiger partial charge in [-0.2, -0.15) is 15.6 Å². The van der Waals surface area contributed by atoms with E-state index >= 15 is 0 Å². The van der Waals surface area contributed by atoms with Gasteiger partial charge in [0.25, 0.3) is 0 Å². The number of allylic oxidation sites excluding steroid dienone is 1. The molecular weight excluding hydrogens is 461 g/mol. The van der Waals surface area contributed by atoms with E-state index in [2.05, 4.69) is 33.8 Å². The van der Waals surface area contributed by atoms with Crippen molar-refractivity contribution in [3.8, 4) is 23.6 Å². The van der Waals surface area contributed by atoms with E-state index in [0.717, 1.165) is 3.57 Å². The molecule has 9 heteroatoms. The summed E-state index contributed by atoms with van der Waals surface area (Å²) in [6, 6.07) is 7.63. The van der Waals surface area contributed by atoms with E-state index in [1.807, 2.05) is 19.1 Å². The van der Waals surface area contributed by atoms with Crippen molar-refractivity contribution in [3.05, 3.63) is 32.5 Å². The number of halogens is 1. The summed E-state index contributed by atoms with van der Waals surface area (Å²) in [6.45, 7) is 2.28. The van der Waals surface area contributed by atoms with E-state index in [-0.39, 0.29) is 35.8 Å². The summed E-state index contributed by atoms with van der Waals surface area (Å²) >= 11 is 2.12. The Morgan fingerprint density at radius 1 is 1.44 bits per heavy atom. The average Bonchev–Trinajstić information content (AvgIpc) is 2.95. The molecule has 0 bridgehead atoms. The first-order valence-corrected chi connectivity index (χ1v) is 9.08. The number of nitrogen functional groups attached to an aromatic ring is 1. The Balaban J connectivity index is 2.59. The number of rotatable bonds is 7. The Bertz CT molecular complexity index is 953. The minimum atomic E-state index is -0.184. The predicted octanol–water partition coefficient (Wildman–Crippen LogP) is 2.41. The second-order valence-corrected chi connectivity index (χ2v) is 6.47. The molecule has 0 radical (unpaired) electrons. The molecule has 0 spiro atoms. The third-order valence-electron chi connectivity index (χ3n) is 3.64. The molecule has 0 aliphatic carbocycles. The fraction of sp³-hybridized carbons (Fsp3) is 0.278. The number of anilines is 1. The van der Waals surface area contributed by atoms with Gasteiger partial charge in [-0.25, -0.2) is 4.68 Å². The molecule has 27 heavy (non-hydrogen) atoms. The molecule has 0 saturated heterocycles. The number of benzene rings is 1. The standard InChI is InChI=1S/C18H18IN5O3/c1-3-27-15-8-11(7-14(19)17(15)26-2)6-12(9-20)16-13(10-21)18(22)24(23-16)4-5-25/h6-8,25H,3-5,22H2,1-2H3/b12-6+. The molecule has 2 aromatic rings. The average molecular weight is 479 g/mol. The first-order chi connectivity index (χ1) is 13.0. The van der Waals surface area contributed by atoms with Crippen LogP contribution >= 0.6 is 22.6 Å². The second kappa shape index (κ2) is 9.26. The van der Waals surface area contributed by atoms with Crippen molar-refractivity contribution in [1.82, 2.24) is 9.78 Å². The maximum Gasteiger partial charge on any atom is 0.174 e. The van der Waals surface area contributed by atoms with Gasteiger partial charge in [0.2, 0.25) is 0 Å². The summed E-state index contributed by atoms with van der Waals surface area (Å²) in [6.07, 6.45) is 1.61. The number of nitriles is 2. The molecule has 3 N–H and O–H groups in total. The normalized spacial score (nSPS) is 11.0. The van der Waals surface area contributed by atoms with Gasteiger partial charge in [-0.15, -0.1) is 0 Å². The van der Waals surface area contributed by atoms with Crippen LogP contribution in [0.4, 0.5) is 5.82 Å². The van der Waals surface area contributed by atoms with Gasteiger partial charge in [-0.1, -0.05) is 0 Å². The number of methoxy groups -OCH3 is 1. The molecule has 0 aliphatic rings. The molecule has 8 nitrogen and oxygen atoms in total. The largest absolute Gasteiger partial charge is 0.492 e. The van der Waals surface area contributed by atoms with Crippen LogP contribution in [0.3, 0.4) is 0 Å². The first-order valence-electron chi connectivity index (χ1n) is 8.00. The Kier molecular flexibility index (Phi) is 7.05. The summed E-state index contributed by atoms with van der Waals surface area (Å²) in [5, 5.41) is 32.3. The third-order valence-corrected chi connectivity index (χ3v) is 4.44. The van der Waals surface area contributed by atoms with Gasteiger partial charge >= 0.3 is 0 Å². The van der Waals surface area contributed by atoms with Crippen LogP contribution < -0.4 is 15.2 Å². The highest BCUT2D eigenvalue weighted by atomic mass is 127. The topological polar surface area (TPSA) is 130 Å². The number of aromatic nitrogens is 2. The minimum Gasteiger partial charge on any atom is -0.492 e. The van der Waals surface area contributed by atoms with E-state index in [0.29, 0.717) is 23.7 Å². The van der Waals surface area contributed by atoms with Crippen molar-refractivity contribution < 1.29 is 14.6 Å². The Morgan fingerprint density at radius 2 is 2.19 bits per heavy atom. The fourth-order valence-electron chi connectivity index (χ4n) is 2.49. The smallest absolute Gasteiger partial charge is 0.174 e. The SMILES string of the molecule is CCOc1cc(/C=C(\C#N)c2nn(CCO)c(N)c2C#N)cc(I)c1OC. The van der Waals surface area contributed by atoms with E-state index in [4.69, 9.17) is 20.3 Å². The molecule has 0 amide bonds. The lowest BCUT2D eigenvalue weighted by Crippen LogP contribution is -2.07. The molecule has 0 atom stereocenters. The van der Waals surface area contributed by atoms with Gasteiger partial charge in [-0.3, -0.25) is 0 Å². The zero-order valence-electron chi connectivity index (χ0n) is 14.9. The van der Waals surface area contributed by atoms with E-state index in [1.165, 1.54) is 4.68 Å². The Hall–Kier alpha value is -2.76. The molecule has 1 aromatic carbocycles. The highest BCUT2D eigenvalue weighted by Crippen LogP contribution is 2.35. The van der Waals surface area contributed by atoms with E-state index < -0.39 is 0 Å². The van der Waals surface area contributed by atoms with Crippen LogP contribution in [-0.2, 0) is 6.54 Å². The quantitative estimate of drug-likeness (QED) is 0.461. The summed E-state index contributed by atoms with van der Waals surface area (Å²) in [4.78, 5) is 0. The molecular formula is C18H18IN5O3. The lowest BCUT2D eigenvalue weighted by molar-refractivity contribution is 0.270. The number of nitrogens with two attached hydrogens (primary N) is 1. The highest BCUT2D eigenvalue weighted by molar-refractivity contribution is 14.1. The lowest BCUT2D eigenvalue weighted by atomic mass is 10.1. The maximum absolute atomic E-state index is 9.61. The van der Waals surface area contributed by atoms with Crippen molar-refractivity contribution in [1.29, 1.82) is 10.5 Å². The van der Waals surface area contributed by atoms with E-state index in [1.54, 1.807) is 19.3 Å². The molecule has 1 heterocycles. The van der Waals surface area contributed by atoms with Crippen LogP contribution in [0.25, 0.3) is 11.6 Å². The summed E-state index contributed by atoms with van der Waals surface area (Å²) in [7, 11) is 1.56. The summed E-state index contributed by atoms with van der Waals surface area (Å²) in [5.74, 6) is 1.28. The van der Waals surface area contributed by atoms with Crippen LogP contribution in [0.1, 0.15) is 23.7 Å². The lowest BCUT2D eigenvalue weighted by Gasteiger charge is -2.12. The van der Waals surface area contributed by atoms with Crippen molar-refractivity contribution >= 4 is 40.1 Å². The van der Waals surface area contributed by atoms with Gasteiger partial charge in [0.1, 0.15) is 29.2 Å². The van der Waals surface area contributed by atoms with Crippen molar-refractivity contribution in [2.45, 2.75) is 13.5 Å². The van der Waals surface area contributed by atoms with Gasteiger partial charge in [0.05, 0.1) is 36.0 Å². The van der Waals surface area contributed by atoms with Crippen LogP contribution in [0.15, 0.2) is 12.1 Å². The van der Waals surface area contributed by atoms with E-state index in [9.17, 15) is 10.5 Å². The second-order valence-electron chi connectivity index (χ2n) is 5.30. The molecule has 0 fully saturated rings. The highest BCUT2D eigenvalue weighted by Gasteiger charge is 2.19. The number of ether oxygens (including phenoxy) is 2. The molecule has 0 unspecified atom stereocenters. The number of hydrogen-bond acceptors (Lipinski definition) is 7. The van der Waals surface area contributed by atoms with Gasteiger partial charge in [0, 0.05) is 0 Å². The summed E-state index contributed by atoms with van der Waals surface area (Å²) < 4.78 is 13.1. The number of aliphatic hydroxyl groups excluding tert-OH is 1. The molecule has 140 valence electrons. The number of aliphatic hydroxyl groups is 1. The maximum atomic E-state index is 9.61. The molecule has 0 saturated carbocycles. The van der Waals surface area contributed by atoms with Crippen LogP contribution in [0, 0.1) is 26.2 Å². The zero-order valence-corrected chi connectivity index (χ0v) is 17.0. The molecule has 1 aromatic heterocycles. The third kappa shape index (κ3) is 4.32. The van der Waals surface area contributed by atoms with Crippen LogP contribution in [0.5, 0.6) is 11.5 Å². The number of nitrogens with zero attached hydrogens (tertiary/aromatic N) is 4. The van der Waals surface area contributed by atoms with Crippen LogP contribution in [-0.4, -0.2) is 35.2 Å². The first kappa shape index (κ1) is 20.6. The van der Waals surface area contributed by atoms with Crippen molar-refractivity contribution in [2.75, 3.05) is 26.1 Å². The Labute approximate surface area is 170 Å². The van der Waals surface area contributed by atoms with Gasteiger partial charge < -0.3 is 20.3 Å². The van der Waals surface area contributed by atoms with Crippen molar-refractivity contribution in [2.24, 2.45) is 0 Å². The molecule has 0 aliphatic heterocycles. The van der Waals surface area contributed by atoms with Crippen molar-refractivity contribution in [3.63, 3.8) is 0 Å². The van der Waals surface area contributed by atoms with Gasteiger partial charge in [-0.05, 0) is 53.3 Å². The summed E-state index contributed by atoms with van der Waals surface area (Å²) in [5.41, 5.74) is 7.05. The monoisotopic (exact) mass is 479 g/mol.